The maximum atomic E-state index is 12.5. The van der Waals surface area contributed by atoms with Crippen LogP contribution in [0.3, 0.4) is 0 Å². The summed E-state index contributed by atoms with van der Waals surface area (Å²) in [5.41, 5.74) is 5.01. The number of aromatic nitrogens is 2. The second-order valence-electron chi connectivity index (χ2n) is 9.11. The number of benzene rings is 3. The molecule has 1 N–H and O–H groups in total. The molecule has 0 saturated carbocycles. The molecule has 0 fully saturated rings. The zero-order valence-electron chi connectivity index (χ0n) is 20.0. The van der Waals surface area contributed by atoms with Crippen LogP contribution in [-0.4, -0.2) is 36.7 Å². The quantitative estimate of drug-likeness (QED) is 0.299. The molecule has 0 spiro atoms. The summed E-state index contributed by atoms with van der Waals surface area (Å²) in [6, 6.07) is 23.8. The van der Waals surface area contributed by atoms with Crippen molar-refractivity contribution >= 4 is 20.9 Å². The minimum atomic E-state index is -4.52. The summed E-state index contributed by atoms with van der Waals surface area (Å²) in [5.74, 6) is -1.38. The zero-order valence-corrected chi connectivity index (χ0v) is 20.9. The summed E-state index contributed by atoms with van der Waals surface area (Å²) in [7, 11) is -4.06. The van der Waals surface area contributed by atoms with Gasteiger partial charge in [0.15, 0.2) is 0 Å². The fourth-order valence-electron chi connectivity index (χ4n) is 4.35. The molecule has 2 unspecified atom stereocenters. The highest BCUT2D eigenvalue weighted by molar-refractivity contribution is 7.89. The number of hydrogen-bond donors (Lipinski definition) is 1. The molecular weight excluding hydrogens is 487 g/mol. The predicted octanol–water partition coefficient (Wildman–Crippen LogP) is 5.97. The van der Waals surface area contributed by atoms with Gasteiger partial charge in [0.1, 0.15) is 0 Å². The Morgan fingerprint density at radius 2 is 1.67 bits per heavy atom. The van der Waals surface area contributed by atoms with Crippen LogP contribution in [0.4, 0.5) is 13.2 Å². The summed E-state index contributed by atoms with van der Waals surface area (Å²) in [4.78, 5) is 0. The fourth-order valence-corrected chi connectivity index (χ4v) is 5.51. The summed E-state index contributed by atoms with van der Waals surface area (Å²) in [5, 5.41) is 5.49. The summed E-state index contributed by atoms with van der Waals surface area (Å²) in [6.07, 6.45) is -4.10. The molecule has 0 saturated heterocycles. The van der Waals surface area contributed by atoms with Crippen LogP contribution in [0.2, 0.25) is 0 Å². The lowest BCUT2D eigenvalue weighted by Crippen LogP contribution is -2.34. The number of halogens is 3. The van der Waals surface area contributed by atoms with Crippen molar-refractivity contribution in [2.45, 2.75) is 32.4 Å². The van der Waals surface area contributed by atoms with Crippen molar-refractivity contribution in [2.75, 3.05) is 12.3 Å². The van der Waals surface area contributed by atoms with Gasteiger partial charge in [0.05, 0.1) is 29.6 Å². The Balaban J connectivity index is 1.61. The third-order valence-corrected chi connectivity index (χ3v) is 7.59. The van der Waals surface area contributed by atoms with Crippen LogP contribution < -0.4 is 4.72 Å². The Kier molecular flexibility index (Phi) is 7.51. The number of nitrogens with one attached hydrogen (secondary N) is 1. The fraction of sp³-hybridized carbons (Fsp3) is 0.296. The Bertz CT molecular complexity index is 1420. The molecule has 0 aliphatic carbocycles. The molecule has 0 bridgehead atoms. The van der Waals surface area contributed by atoms with Crippen molar-refractivity contribution in [1.29, 1.82) is 0 Å². The normalized spacial score (nSPS) is 14.1. The molecule has 0 aliphatic rings. The van der Waals surface area contributed by atoms with Crippen LogP contribution in [0, 0.1) is 12.8 Å². The Morgan fingerprint density at radius 1 is 0.972 bits per heavy atom. The number of alkyl halides is 3. The molecule has 1 aromatic heterocycles. The van der Waals surface area contributed by atoms with Crippen molar-refractivity contribution in [3.8, 4) is 5.69 Å². The zero-order chi connectivity index (χ0) is 25.9. The van der Waals surface area contributed by atoms with Gasteiger partial charge in [0.25, 0.3) is 0 Å². The van der Waals surface area contributed by atoms with Crippen LogP contribution in [-0.2, 0) is 10.0 Å². The topological polar surface area (TPSA) is 64.0 Å². The number of rotatable bonds is 9. The van der Waals surface area contributed by atoms with Gasteiger partial charge in [-0.2, -0.15) is 18.3 Å². The highest BCUT2D eigenvalue weighted by Gasteiger charge is 2.30. The minimum Gasteiger partial charge on any atom is -0.233 e. The lowest BCUT2D eigenvalue weighted by Gasteiger charge is -2.26. The van der Waals surface area contributed by atoms with Crippen LogP contribution in [0.15, 0.2) is 79.0 Å². The largest absolute Gasteiger partial charge is 0.390 e. The first kappa shape index (κ1) is 25.9. The van der Waals surface area contributed by atoms with E-state index >= 15 is 0 Å². The van der Waals surface area contributed by atoms with Gasteiger partial charge in [-0.05, 0) is 48.2 Å². The van der Waals surface area contributed by atoms with E-state index < -0.39 is 28.4 Å². The van der Waals surface area contributed by atoms with Crippen molar-refractivity contribution in [2.24, 2.45) is 5.92 Å². The highest BCUT2D eigenvalue weighted by atomic mass is 32.2. The minimum absolute atomic E-state index is 0.0143. The van der Waals surface area contributed by atoms with Crippen LogP contribution >= 0.6 is 0 Å². The van der Waals surface area contributed by atoms with Crippen molar-refractivity contribution in [3.63, 3.8) is 0 Å². The Labute approximate surface area is 209 Å². The predicted molar refractivity (Wildman–Crippen MR) is 136 cm³/mol. The van der Waals surface area contributed by atoms with Gasteiger partial charge >= 0.3 is 6.18 Å². The van der Waals surface area contributed by atoms with Gasteiger partial charge in [0, 0.05) is 17.8 Å². The van der Waals surface area contributed by atoms with Gasteiger partial charge in [-0.1, -0.05) is 61.0 Å². The molecule has 5 nitrogen and oxygen atoms in total. The van der Waals surface area contributed by atoms with E-state index in [-0.39, 0.29) is 18.4 Å². The van der Waals surface area contributed by atoms with E-state index in [1.807, 2.05) is 91.3 Å². The molecule has 1 heterocycles. The molecule has 3 aromatic carbocycles. The summed E-state index contributed by atoms with van der Waals surface area (Å²) >= 11 is 0. The number of nitrogens with zero attached hydrogens (tertiary/aromatic N) is 2. The van der Waals surface area contributed by atoms with E-state index in [1.165, 1.54) is 0 Å². The van der Waals surface area contributed by atoms with E-state index in [0.29, 0.717) is 0 Å². The summed E-state index contributed by atoms with van der Waals surface area (Å²) in [6.45, 7) is 3.93. The highest BCUT2D eigenvalue weighted by Crippen LogP contribution is 2.34. The first-order chi connectivity index (χ1) is 17.0. The second-order valence-corrected chi connectivity index (χ2v) is 11.0. The smallest absolute Gasteiger partial charge is 0.233 e. The van der Waals surface area contributed by atoms with Crippen molar-refractivity contribution in [1.82, 2.24) is 14.5 Å². The molecule has 4 rings (SSSR count). The van der Waals surface area contributed by atoms with E-state index in [0.717, 1.165) is 33.3 Å². The molecule has 0 radical (unpaired) electrons. The van der Waals surface area contributed by atoms with Crippen LogP contribution in [0.25, 0.3) is 16.6 Å². The maximum absolute atomic E-state index is 12.5. The lowest BCUT2D eigenvalue weighted by atomic mass is 9.81. The lowest BCUT2D eigenvalue weighted by molar-refractivity contribution is -0.130. The molecule has 9 heteroatoms. The van der Waals surface area contributed by atoms with E-state index in [4.69, 9.17) is 0 Å². The first-order valence-corrected chi connectivity index (χ1v) is 13.3. The Morgan fingerprint density at radius 3 is 2.33 bits per heavy atom. The van der Waals surface area contributed by atoms with Gasteiger partial charge < -0.3 is 0 Å². The van der Waals surface area contributed by atoms with Crippen molar-refractivity contribution < 1.29 is 21.6 Å². The second kappa shape index (κ2) is 10.4. The van der Waals surface area contributed by atoms with Crippen LogP contribution in [0.5, 0.6) is 0 Å². The molecule has 0 aliphatic heterocycles. The van der Waals surface area contributed by atoms with Crippen LogP contribution in [0.1, 0.15) is 36.0 Å². The SMILES string of the molecule is Cc1ccc(-n2ncc3cc(C(c4ccccc4)C(C)CNS(=O)(=O)CCC(F)(F)F)ccc32)cc1. The Hall–Kier alpha value is -3.17. The third-order valence-electron chi connectivity index (χ3n) is 6.24. The molecule has 4 aromatic rings. The number of sulfonamides is 1. The van der Waals surface area contributed by atoms with E-state index in [1.54, 1.807) is 6.20 Å². The number of hydrogen-bond acceptors (Lipinski definition) is 3. The van der Waals surface area contributed by atoms with Gasteiger partial charge in [-0.15, -0.1) is 0 Å². The van der Waals surface area contributed by atoms with Gasteiger partial charge in [-0.25, -0.2) is 17.8 Å². The molecule has 0 amide bonds. The monoisotopic (exact) mass is 515 g/mol. The first-order valence-electron chi connectivity index (χ1n) is 11.7. The van der Waals surface area contributed by atoms with E-state index in [2.05, 4.69) is 9.82 Å². The number of fused-ring (bicyclic) bond motifs is 1. The van der Waals surface area contributed by atoms with Gasteiger partial charge in [0.2, 0.25) is 10.0 Å². The van der Waals surface area contributed by atoms with E-state index in [9.17, 15) is 21.6 Å². The standard InChI is InChI=1S/C27H28F3N3O2S/c1-19-8-11-24(12-9-19)33-25-13-10-22(16-23(25)18-31-33)26(21-6-4-3-5-7-21)20(2)17-32-36(34,35)15-14-27(28,29)30/h3-13,16,18,20,26,32H,14-15,17H2,1-2H3. The maximum Gasteiger partial charge on any atom is 0.390 e. The number of aryl methyl sites for hydroxylation is 1. The van der Waals surface area contributed by atoms with Crippen molar-refractivity contribution in [3.05, 3.63) is 95.7 Å². The molecule has 2 atom stereocenters. The molecular formula is C27H28F3N3O2S. The molecule has 36 heavy (non-hydrogen) atoms. The molecule has 190 valence electrons. The van der Waals surface area contributed by atoms with Gasteiger partial charge in [-0.3, -0.25) is 0 Å². The average Bonchev–Trinajstić information content (AvgIpc) is 3.26. The summed E-state index contributed by atoms with van der Waals surface area (Å²) < 4.78 is 66.2. The third kappa shape index (κ3) is 6.33. The average molecular weight is 516 g/mol.